The Hall–Kier alpha value is -1.65. The lowest BCUT2D eigenvalue weighted by Crippen LogP contribution is -2.30. The van der Waals surface area contributed by atoms with Crippen molar-refractivity contribution in [1.29, 1.82) is 0 Å². The summed E-state index contributed by atoms with van der Waals surface area (Å²) in [6.45, 7) is 1.39. The molecule has 0 fully saturated rings. The van der Waals surface area contributed by atoms with Crippen molar-refractivity contribution in [2.75, 3.05) is 0 Å². The van der Waals surface area contributed by atoms with Gasteiger partial charge in [-0.05, 0) is 6.92 Å². The minimum absolute atomic E-state index is 0.0613. The molecule has 0 aromatic heterocycles. The number of nitrogens with two attached hydrogens (primary N) is 1. The number of amides is 1. The maximum atomic E-state index is 12.6. The average molecular weight is 201 g/mol. The van der Waals surface area contributed by atoms with E-state index in [1.54, 1.807) is 0 Å². The average Bonchev–Trinajstić information content (AvgIpc) is 2.01. The monoisotopic (exact) mass is 201 g/mol. The number of halogens is 2. The first kappa shape index (κ1) is 10.4. The molecule has 1 amide bonds. The summed E-state index contributed by atoms with van der Waals surface area (Å²) in [4.78, 5) is 10.6. The zero-order valence-electron chi connectivity index (χ0n) is 7.46. The quantitative estimate of drug-likeness (QED) is 0.799. The highest BCUT2D eigenvalue weighted by Crippen LogP contribution is 2.16. The van der Waals surface area contributed by atoms with Crippen LogP contribution in [0.5, 0.6) is 5.75 Å². The number of hydrogen-bond donors (Lipinski definition) is 1. The third kappa shape index (κ3) is 2.69. The molecule has 0 bridgehead atoms. The zero-order chi connectivity index (χ0) is 10.7. The van der Waals surface area contributed by atoms with E-state index in [4.69, 9.17) is 10.5 Å². The van der Waals surface area contributed by atoms with Crippen molar-refractivity contribution < 1.29 is 18.3 Å². The molecule has 0 aliphatic rings. The van der Waals surface area contributed by atoms with Crippen LogP contribution >= 0.6 is 0 Å². The summed E-state index contributed by atoms with van der Waals surface area (Å²) in [6, 6.07) is 2.66. The van der Waals surface area contributed by atoms with Gasteiger partial charge < -0.3 is 10.5 Å². The predicted molar refractivity (Wildman–Crippen MR) is 45.6 cm³/mol. The topological polar surface area (TPSA) is 52.3 Å². The van der Waals surface area contributed by atoms with Crippen molar-refractivity contribution in [3.8, 4) is 5.75 Å². The van der Waals surface area contributed by atoms with Crippen LogP contribution in [-0.4, -0.2) is 12.0 Å². The van der Waals surface area contributed by atoms with Gasteiger partial charge in [0.15, 0.2) is 6.10 Å². The minimum atomic E-state index is -0.920. The lowest BCUT2D eigenvalue weighted by molar-refractivity contribution is -0.124. The van der Waals surface area contributed by atoms with Crippen LogP contribution in [0.2, 0.25) is 0 Å². The first-order valence-electron chi connectivity index (χ1n) is 3.91. The number of carbonyl (C=O) groups is 1. The molecule has 1 unspecified atom stereocenters. The number of benzene rings is 1. The fraction of sp³-hybridized carbons (Fsp3) is 0.222. The summed E-state index contributed by atoms with van der Waals surface area (Å²) in [5.74, 6) is -2.29. The third-order valence-electron chi connectivity index (χ3n) is 1.55. The largest absolute Gasteiger partial charge is 0.481 e. The van der Waals surface area contributed by atoms with Gasteiger partial charge >= 0.3 is 0 Å². The smallest absolute Gasteiger partial charge is 0.258 e. The molecule has 2 N–H and O–H groups in total. The Morgan fingerprint density at radius 3 is 2.29 bits per heavy atom. The molecular weight excluding hydrogens is 192 g/mol. The Bertz CT molecular complexity index is 334. The molecule has 1 rings (SSSR count). The van der Waals surface area contributed by atoms with E-state index in [1.807, 2.05) is 0 Å². The Balaban J connectivity index is 2.81. The number of ether oxygens (including phenoxy) is 1. The normalized spacial score (nSPS) is 12.2. The molecule has 0 spiro atoms. The van der Waals surface area contributed by atoms with Crippen molar-refractivity contribution in [3.63, 3.8) is 0 Å². The lowest BCUT2D eigenvalue weighted by Gasteiger charge is -2.10. The molecule has 76 valence electrons. The van der Waals surface area contributed by atoms with E-state index in [-0.39, 0.29) is 5.75 Å². The van der Waals surface area contributed by atoms with Crippen LogP contribution < -0.4 is 10.5 Å². The second kappa shape index (κ2) is 4.04. The molecule has 3 nitrogen and oxygen atoms in total. The van der Waals surface area contributed by atoms with Gasteiger partial charge in [0, 0.05) is 18.2 Å². The van der Waals surface area contributed by atoms with Crippen LogP contribution in [0, 0.1) is 11.6 Å². The van der Waals surface area contributed by atoms with E-state index in [0.717, 1.165) is 12.1 Å². The maximum absolute atomic E-state index is 12.6. The van der Waals surface area contributed by atoms with Crippen LogP contribution in [0.4, 0.5) is 8.78 Å². The predicted octanol–water partition coefficient (Wildman–Crippen LogP) is 1.22. The van der Waals surface area contributed by atoms with Gasteiger partial charge in [-0.3, -0.25) is 4.79 Å². The lowest BCUT2D eigenvalue weighted by atomic mass is 10.3. The first-order valence-corrected chi connectivity index (χ1v) is 3.91. The van der Waals surface area contributed by atoms with E-state index in [0.29, 0.717) is 6.07 Å². The Labute approximate surface area is 79.5 Å². The van der Waals surface area contributed by atoms with Crippen molar-refractivity contribution >= 4 is 5.91 Å². The van der Waals surface area contributed by atoms with Crippen molar-refractivity contribution in [2.24, 2.45) is 5.73 Å². The maximum Gasteiger partial charge on any atom is 0.258 e. The van der Waals surface area contributed by atoms with Crippen LogP contribution in [0.25, 0.3) is 0 Å². The van der Waals surface area contributed by atoms with E-state index < -0.39 is 23.6 Å². The second-order valence-electron chi connectivity index (χ2n) is 2.77. The Morgan fingerprint density at radius 1 is 1.36 bits per heavy atom. The fourth-order valence-electron chi connectivity index (χ4n) is 0.859. The number of carbonyl (C=O) groups excluding carboxylic acids is 1. The molecule has 1 atom stereocenters. The van der Waals surface area contributed by atoms with Crippen molar-refractivity contribution in [3.05, 3.63) is 29.8 Å². The van der Waals surface area contributed by atoms with Gasteiger partial charge in [0.1, 0.15) is 17.4 Å². The molecule has 5 heteroatoms. The summed E-state index contributed by atoms with van der Waals surface area (Å²) >= 11 is 0. The molecular formula is C9H9F2NO2. The highest BCUT2D eigenvalue weighted by atomic mass is 19.1. The Morgan fingerprint density at radius 2 is 1.86 bits per heavy atom. The molecule has 1 aromatic rings. The molecule has 0 saturated heterocycles. The van der Waals surface area contributed by atoms with Gasteiger partial charge in [-0.2, -0.15) is 0 Å². The SMILES string of the molecule is CC(Oc1cc(F)cc(F)c1)C(N)=O. The van der Waals surface area contributed by atoms with Crippen molar-refractivity contribution in [1.82, 2.24) is 0 Å². The van der Waals surface area contributed by atoms with Crippen LogP contribution in [0.3, 0.4) is 0 Å². The second-order valence-corrected chi connectivity index (χ2v) is 2.77. The number of primary amides is 1. The van der Waals surface area contributed by atoms with Crippen LogP contribution in [0.15, 0.2) is 18.2 Å². The number of hydrogen-bond acceptors (Lipinski definition) is 2. The molecule has 0 heterocycles. The molecule has 0 radical (unpaired) electrons. The highest BCUT2D eigenvalue weighted by Gasteiger charge is 2.11. The third-order valence-corrected chi connectivity index (χ3v) is 1.55. The van der Waals surface area contributed by atoms with Gasteiger partial charge in [-0.1, -0.05) is 0 Å². The molecule has 0 aliphatic carbocycles. The van der Waals surface area contributed by atoms with Gasteiger partial charge in [0.2, 0.25) is 0 Å². The minimum Gasteiger partial charge on any atom is -0.481 e. The van der Waals surface area contributed by atoms with E-state index >= 15 is 0 Å². The van der Waals surface area contributed by atoms with Crippen LogP contribution in [-0.2, 0) is 4.79 Å². The summed E-state index contributed by atoms with van der Waals surface area (Å²) in [7, 11) is 0. The molecule has 0 saturated carbocycles. The van der Waals surface area contributed by atoms with Crippen molar-refractivity contribution in [2.45, 2.75) is 13.0 Å². The molecule has 1 aromatic carbocycles. The van der Waals surface area contributed by atoms with Gasteiger partial charge in [0.05, 0.1) is 0 Å². The van der Waals surface area contributed by atoms with E-state index in [1.165, 1.54) is 6.92 Å². The number of rotatable bonds is 3. The molecule has 14 heavy (non-hydrogen) atoms. The standard InChI is InChI=1S/C9H9F2NO2/c1-5(9(12)13)14-8-3-6(10)2-7(11)4-8/h2-5H,1H3,(H2,12,13). The summed E-state index contributed by atoms with van der Waals surface area (Å²) < 4.78 is 30.2. The van der Waals surface area contributed by atoms with Gasteiger partial charge in [-0.15, -0.1) is 0 Å². The summed E-state index contributed by atoms with van der Waals surface area (Å²) in [5.41, 5.74) is 4.91. The van der Waals surface area contributed by atoms with E-state index in [9.17, 15) is 13.6 Å². The zero-order valence-corrected chi connectivity index (χ0v) is 7.46. The van der Waals surface area contributed by atoms with Crippen LogP contribution in [0.1, 0.15) is 6.92 Å². The summed E-state index contributed by atoms with van der Waals surface area (Å²) in [6.07, 6.45) is -0.920. The fourth-order valence-corrected chi connectivity index (χ4v) is 0.859. The highest BCUT2D eigenvalue weighted by molar-refractivity contribution is 5.78. The van der Waals surface area contributed by atoms with Gasteiger partial charge in [0.25, 0.3) is 5.91 Å². The Kier molecular flexibility index (Phi) is 3.01. The van der Waals surface area contributed by atoms with E-state index in [2.05, 4.69) is 0 Å². The summed E-state index contributed by atoms with van der Waals surface area (Å²) in [5, 5.41) is 0. The first-order chi connectivity index (χ1) is 6.49. The molecule has 0 aliphatic heterocycles. The van der Waals surface area contributed by atoms with Gasteiger partial charge in [-0.25, -0.2) is 8.78 Å².